The van der Waals surface area contributed by atoms with Gasteiger partial charge in [0.05, 0.1) is 0 Å². The molecule has 4 heteroatoms. The molecule has 1 saturated carbocycles. The predicted molar refractivity (Wildman–Crippen MR) is 62.1 cm³/mol. The first-order valence-electron chi connectivity index (χ1n) is 6.45. The van der Waals surface area contributed by atoms with Gasteiger partial charge in [0, 0.05) is 13.1 Å². The van der Waals surface area contributed by atoms with Crippen LogP contribution in [0.3, 0.4) is 0 Å². The van der Waals surface area contributed by atoms with E-state index in [9.17, 15) is 4.79 Å². The summed E-state index contributed by atoms with van der Waals surface area (Å²) in [5.41, 5.74) is 5.54. The van der Waals surface area contributed by atoms with Crippen molar-refractivity contribution in [3.05, 3.63) is 0 Å². The zero-order valence-electron chi connectivity index (χ0n) is 9.86. The lowest BCUT2D eigenvalue weighted by molar-refractivity contribution is 0.00125. The summed E-state index contributed by atoms with van der Waals surface area (Å²) >= 11 is 0. The third-order valence-electron chi connectivity index (χ3n) is 3.66. The Bertz CT molecular complexity index is 231. The van der Waals surface area contributed by atoms with Crippen molar-refractivity contribution in [2.75, 3.05) is 19.6 Å². The van der Waals surface area contributed by atoms with Crippen molar-refractivity contribution in [3.63, 3.8) is 0 Å². The largest absolute Gasteiger partial charge is 0.446 e. The number of nitrogens with two attached hydrogens (primary N) is 1. The number of carbonyl (C=O) groups is 1. The van der Waals surface area contributed by atoms with Crippen molar-refractivity contribution in [1.82, 2.24) is 4.90 Å². The topological polar surface area (TPSA) is 55.6 Å². The molecule has 1 aliphatic carbocycles. The molecule has 16 heavy (non-hydrogen) atoms. The molecule has 4 nitrogen and oxygen atoms in total. The Morgan fingerprint density at radius 1 is 1.19 bits per heavy atom. The lowest BCUT2D eigenvalue weighted by Crippen LogP contribution is -2.41. The highest BCUT2D eigenvalue weighted by Crippen LogP contribution is 2.29. The quantitative estimate of drug-likeness (QED) is 0.780. The molecule has 0 aromatic rings. The fraction of sp³-hybridized carbons (Fsp3) is 0.917. The molecular weight excluding hydrogens is 204 g/mol. The summed E-state index contributed by atoms with van der Waals surface area (Å²) in [6, 6.07) is 0. The van der Waals surface area contributed by atoms with Gasteiger partial charge in [0.2, 0.25) is 0 Å². The molecule has 0 bridgehead atoms. The summed E-state index contributed by atoms with van der Waals surface area (Å²) in [5.74, 6) is 0.571. The van der Waals surface area contributed by atoms with E-state index in [-0.39, 0.29) is 12.2 Å². The second kappa shape index (κ2) is 5.53. The van der Waals surface area contributed by atoms with Crippen LogP contribution in [0.25, 0.3) is 0 Å². The Morgan fingerprint density at radius 2 is 1.81 bits per heavy atom. The number of nitrogens with zero attached hydrogens (tertiary/aromatic N) is 1. The number of amides is 1. The van der Waals surface area contributed by atoms with Gasteiger partial charge in [-0.3, -0.25) is 0 Å². The van der Waals surface area contributed by atoms with E-state index in [0.717, 1.165) is 45.3 Å². The van der Waals surface area contributed by atoms with E-state index in [1.165, 1.54) is 12.8 Å². The Balaban J connectivity index is 1.70. The molecular formula is C12H22N2O2. The van der Waals surface area contributed by atoms with Crippen LogP contribution in [0.2, 0.25) is 0 Å². The Labute approximate surface area is 97.1 Å². The van der Waals surface area contributed by atoms with Gasteiger partial charge < -0.3 is 15.4 Å². The van der Waals surface area contributed by atoms with Gasteiger partial charge in [-0.15, -0.1) is 0 Å². The third-order valence-corrected chi connectivity index (χ3v) is 3.66. The summed E-state index contributed by atoms with van der Waals surface area (Å²) in [5, 5.41) is 0. The lowest BCUT2D eigenvalue weighted by Gasteiger charge is -2.35. The van der Waals surface area contributed by atoms with Crippen LogP contribution < -0.4 is 5.73 Å². The Morgan fingerprint density at radius 3 is 2.38 bits per heavy atom. The normalized spacial score (nSPS) is 30.4. The zero-order valence-corrected chi connectivity index (χ0v) is 9.86. The van der Waals surface area contributed by atoms with E-state index in [1.54, 1.807) is 0 Å². The van der Waals surface area contributed by atoms with E-state index in [2.05, 4.69) is 0 Å². The third kappa shape index (κ3) is 2.88. The minimum atomic E-state index is -0.109. The van der Waals surface area contributed by atoms with Gasteiger partial charge in [-0.05, 0) is 38.1 Å². The van der Waals surface area contributed by atoms with Crippen LogP contribution >= 0.6 is 0 Å². The second-order valence-corrected chi connectivity index (χ2v) is 4.98. The smallest absolute Gasteiger partial charge is 0.410 e. The highest BCUT2D eigenvalue weighted by atomic mass is 16.6. The fourth-order valence-electron chi connectivity index (χ4n) is 2.43. The summed E-state index contributed by atoms with van der Waals surface area (Å²) in [4.78, 5) is 13.7. The maximum absolute atomic E-state index is 11.8. The van der Waals surface area contributed by atoms with Gasteiger partial charge >= 0.3 is 6.09 Å². The SMILES string of the molecule is NCC1CC(OC(=O)N2CCCCCC2)C1. The molecule has 0 radical (unpaired) electrons. The van der Waals surface area contributed by atoms with E-state index >= 15 is 0 Å². The summed E-state index contributed by atoms with van der Waals surface area (Å²) in [6.07, 6.45) is 6.64. The van der Waals surface area contributed by atoms with Crippen LogP contribution in [0.4, 0.5) is 4.79 Å². The van der Waals surface area contributed by atoms with E-state index < -0.39 is 0 Å². The maximum Gasteiger partial charge on any atom is 0.410 e. The van der Waals surface area contributed by atoms with Crippen LogP contribution in [0.1, 0.15) is 38.5 Å². The zero-order chi connectivity index (χ0) is 11.4. The number of carbonyl (C=O) groups excluding carboxylic acids is 1. The minimum absolute atomic E-state index is 0.109. The van der Waals surface area contributed by atoms with Gasteiger partial charge in [-0.1, -0.05) is 12.8 Å². The number of hydrogen-bond acceptors (Lipinski definition) is 3. The maximum atomic E-state index is 11.8. The summed E-state index contributed by atoms with van der Waals surface area (Å²) in [7, 11) is 0. The molecule has 92 valence electrons. The van der Waals surface area contributed by atoms with Crippen molar-refractivity contribution < 1.29 is 9.53 Å². The van der Waals surface area contributed by atoms with Crippen LogP contribution in [-0.4, -0.2) is 36.7 Å². The molecule has 2 aliphatic rings. The molecule has 2 N–H and O–H groups in total. The molecule has 2 rings (SSSR count). The first kappa shape index (κ1) is 11.7. The molecule has 1 saturated heterocycles. The lowest BCUT2D eigenvalue weighted by atomic mass is 9.82. The molecule has 0 atom stereocenters. The number of hydrogen-bond donors (Lipinski definition) is 1. The first-order valence-corrected chi connectivity index (χ1v) is 6.45. The van der Waals surface area contributed by atoms with Crippen LogP contribution in [0.5, 0.6) is 0 Å². The molecule has 0 aromatic carbocycles. The van der Waals surface area contributed by atoms with Crippen molar-refractivity contribution in [1.29, 1.82) is 0 Å². The van der Waals surface area contributed by atoms with Crippen LogP contribution in [0.15, 0.2) is 0 Å². The first-order chi connectivity index (χ1) is 7.79. The summed E-state index contributed by atoms with van der Waals surface area (Å²) in [6.45, 7) is 2.45. The van der Waals surface area contributed by atoms with Gasteiger partial charge in [-0.2, -0.15) is 0 Å². The van der Waals surface area contributed by atoms with E-state index in [0.29, 0.717) is 5.92 Å². The summed E-state index contributed by atoms with van der Waals surface area (Å²) < 4.78 is 5.44. The average molecular weight is 226 g/mol. The Hall–Kier alpha value is -0.770. The monoisotopic (exact) mass is 226 g/mol. The molecule has 2 fully saturated rings. The molecule has 1 heterocycles. The molecule has 0 spiro atoms. The van der Waals surface area contributed by atoms with Crippen LogP contribution in [0, 0.1) is 5.92 Å². The van der Waals surface area contributed by atoms with E-state index in [1.807, 2.05) is 4.90 Å². The number of rotatable bonds is 2. The predicted octanol–water partition coefficient (Wildman–Crippen LogP) is 1.74. The Kier molecular flexibility index (Phi) is 4.04. The van der Waals surface area contributed by atoms with Gasteiger partial charge in [0.25, 0.3) is 0 Å². The highest BCUT2D eigenvalue weighted by Gasteiger charge is 2.32. The van der Waals surface area contributed by atoms with E-state index in [4.69, 9.17) is 10.5 Å². The van der Waals surface area contributed by atoms with Crippen molar-refractivity contribution in [2.45, 2.75) is 44.6 Å². The molecule has 1 amide bonds. The highest BCUT2D eigenvalue weighted by molar-refractivity contribution is 5.67. The fourth-order valence-corrected chi connectivity index (χ4v) is 2.43. The van der Waals surface area contributed by atoms with Gasteiger partial charge in [-0.25, -0.2) is 4.79 Å². The van der Waals surface area contributed by atoms with Gasteiger partial charge in [0.1, 0.15) is 6.10 Å². The minimum Gasteiger partial charge on any atom is -0.446 e. The molecule has 1 aliphatic heterocycles. The number of likely N-dealkylation sites (tertiary alicyclic amines) is 1. The van der Waals surface area contributed by atoms with Gasteiger partial charge in [0.15, 0.2) is 0 Å². The second-order valence-electron chi connectivity index (χ2n) is 4.98. The van der Waals surface area contributed by atoms with Crippen LogP contribution in [-0.2, 0) is 4.74 Å². The number of ether oxygens (including phenoxy) is 1. The van der Waals surface area contributed by atoms with Crippen molar-refractivity contribution in [2.24, 2.45) is 11.7 Å². The molecule has 0 aromatic heterocycles. The average Bonchev–Trinajstić information content (AvgIpc) is 2.50. The molecule has 0 unspecified atom stereocenters. The van der Waals surface area contributed by atoms with Crippen molar-refractivity contribution in [3.8, 4) is 0 Å². The van der Waals surface area contributed by atoms with Crippen molar-refractivity contribution >= 4 is 6.09 Å². The standard InChI is InChI=1S/C12H22N2O2/c13-9-10-7-11(8-10)16-12(15)14-5-3-1-2-4-6-14/h10-11H,1-9,13H2.